The molecule has 2 amide bonds. The van der Waals surface area contributed by atoms with Gasteiger partial charge in [0.2, 0.25) is 0 Å². The fraction of sp³-hybridized carbons (Fsp3) is 0.909. The maximum atomic E-state index is 13.1. The molecule has 0 spiro atoms. The first-order chi connectivity index (χ1) is 7.93. The SMILES string of the molecule is O=C(NC1CC1)NC1(C(F)(F)F)CCCCC1. The summed E-state index contributed by atoms with van der Waals surface area (Å²) < 4.78 is 39.2. The number of urea groups is 1. The van der Waals surface area contributed by atoms with E-state index in [1.165, 1.54) is 0 Å². The van der Waals surface area contributed by atoms with Crippen molar-refractivity contribution in [1.29, 1.82) is 0 Å². The fourth-order valence-electron chi connectivity index (χ4n) is 2.30. The second-order valence-electron chi connectivity index (χ2n) is 5.01. The van der Waals surface area contributed by atoms with E-state index in [-0.39, 0.29) is 18.9 Å². The van der Waals surface area contributed by atoms with Gasteiger partial charge in [-0.15, -0.1) is 0 Å². The van der Waals surface area contributed by atoms with Gasteiger partial charge in [-0.1, -0.05) is 19.3 Å². The van der Waals surface area contributed by atoms with Gasteiger partial charge in [-0.05, 0) is 25.7 Å². The Morgan fingerprint density at radius 3 is 2.18 bits per heavy atom. The van der Waals surface area contributed by atoms with Gasteiger partial charge in [0.25, 0.3) is 0 Å². The summed E-state index contributed by atoms with van der Waals surface area (Å²) in [6, 6.07) is -0.601. The summed E-state index contributed by atoms with van der Waals surface area (Å²) in [5.41, 5.74) is -2.01. The number of amides is 2. The van der Waals surface area contributed by atoms with Crippen LogP contribution in [0.3, 0.4) is 0 Å². The molecule has 0 aliphatic heterocycles. The highest BCUT2D eigenvalue weighted by molar-refractivity contribution is 5.75. The molecule has 17 heavy (non-hydrogen) atoms. The Morgan fingerprint density at radius 1 is 1.12 bits per heavy atom. The zero-order valence-electron chi connectivity index (χ0n) is 9.57. The van der Waals surface area contributed by atoms with Crippen molar-refractivity contribution >= 4 is 6.03 Å². The van der Waals surface area contributed by atoms with Crippen molar-refractivity contribution in [3.05, 3.63) is 0 Å². The lowest BCUT2D eigenvalue weighted by Crippen LogP contribution is -2.61. The molecule has 2 aliphatic carbocycles. The Morgan fingerprint density at radius 2 is 1.71 bits per heavy atom. The van der Waals surface area contributed by atoms with Gasteiger partial charge in [0.15, 0.2) is 0 Å². The first-order valence-electron chi connectivity index (χ1n) is 6.08. The maximum absolute atomic E-state index is 13.1. The van der Waals surface area contributed by atoms with E-state index in [1.54, 1.807) is 0 Å². The lowest BCUT2D eigenvalue weighted by molar-refractivity contribution is -0.201. The minimum atomic E-state index is -4.37. The summed E-state index contributed by atoms with van der Waals surface area (Å²) >= 11 is 0. The maximum Gasteiger partial charge on any atom is 0.411 e. The minimum Gasteiger partial charge on any atom is -0.335 e. The number of nitrogens with one attached hydrogen (secondary N) is 2. The second-order valence-corrected chi connectivity index (χ2v) is 5.01. The van der Waals surface area contributed by atoms with Crippen molar-refractivity contribution in [2.45, 2.75) is 62.7 Å². The number of hydrogen-bond donors (Lipinski definition) is 2. The van der Waals surface area contributed by atoms with E-state index in [0.717, 1.165) is 19.3 Å². The smallest absolute Gasteiger partial charge is 0.335 e. The summed E-state index contributed by atoms with van der Waals surface area (Å²) in [6.07, 6.45) is -0.799. The molecule has 0 aromatic rings. The molecule has 0 aromatic heterocycles. The number of rotatable bonds is 2. The number of hydrogen-bond acceptors (Lipinski definition) is 1. The molecule has 0 unspecified atom stereocenters. The Bertz CT molecular complexity index is 294. The molecule has 6 heteroatoms. The lowest BCUT2D eigenvalue weighted by atomic mass is 9.81. The van der Waals surface area contributed by atoms with E-state index >= 15 is 0 Å². The molecule has 0 aromatic carbocycles. The van der Waals surface area contributed by atoms with E-state index < -0.39 is 17.7 Å². The molecule has 0 bridgehead atoms. The largest absolute Gasteiger partial charge is 0.411 e. The third-order valence-electron chi connectivity index (χ3n) is 3.52. The van der Waals surface area contributed by atoms with Crippen LogP contribution < -0.4 is 10.6 Å². The van der Waals surface area contributed by atoms with Gasteiger partial charge in [0, 0.05) is 6.04 Å². The number of alkyl halides is 3. The van der Waals surface area contributed by atoms with E-state index in [0.29, 0.717) is 12.8 Å². The van der Waals surface area contributed by atoms with Crippen LogP contribution in [0, 0.1) is 0 Å². The molecule has 2 saturated carbocycles. The van der Waals surface area contributed by atoms with Crippen LogP contribution in [-0.2, 0) is 0 Å². The quantitative estimate of drug-likeness (QED) is 0.777. The third kappa shape index (κ3) is 2.84. The molecule has 0 heterocycles. The lowest BCUT2D eigenvalue weighted by Gasteiger charge is -2.39. The Balaban J connectivity index is 2.01. The zero-order chi connectivity index (χ0) is 12.5. The third-order valence-corrected chi connectivity index (χ3v) is 3.52. The van der Waals surface area contributed by atoms with Gasteiger partial charge >= 0.3 is 12.2 Å². The summed E-state index contributed by atoms with van der Waals surface area (Å²) in [4.78, 5) is 11.5. The Hall–Kier alpha value is -0.940. The van der Waals surface area contributed by atoms with Crippen LogP contribution in [0.5, 0.6) is 0 Å². The van der Waals surface area contributed by atoms with Gasteiger partial charge in [0.1, 0.15) is 5.54 Å². The van der Waals surface area contributed by atoms with Crippen molar-refractivity contribution < 1.29 is 18.0 Å². The molecular formula is C11H17F3N2O. The highest BCUT2D eigenvalue weighted by Gasteiger charge is 2.55. The molecule has 0 atom stereocenters. The van der Waals surface area contributed by atoms with Gasteiger partial charge in [-0.25, -0.2) is 4.79 Å². The average Bonchev–Trinajstić information content (AvgIpc) is 3.01. The van der Waals surface area contributed by atoms with Crippen LogP contribution in [0.15, 0.2) is 0 Å². The normalized spacial score (nSPS) is 24.2. The van der Waals surface area contributed by atoms with Crippen molar-refractivity contribution in [2.24, 2.45) is 0 Å². The molecule has 2 N–H and O–H groups in total. The predicted octanol–water partition coefficient (Wildman–Crippen LogP) is 2.71. The van der Waals surface area contributed by atoms with Gasteiger partial charge in [0.05, 0.1) is 0 Å². The zero-order valence-corrected chi connectivity index (χ0v) is 9.57. The van der Waals surface area contributed by atoms with Crippen LogP contribution in [0.1, 0.15) is 44.9 Å². The summed E-state index contributed by atoms with van der Waals surface area (Å²) in [5.74, 6) is 0. The molecule has 2 fully saturated rings. The van der Waals surface area contributed by atoms with Gasteiger partial charge in [-0.2, -0.15) is 13.2 Å². The van der Waals surface area contributed by atoms with E-state index in [1.807, 2.05) is 0 Å². The van der Waals surface area contributed by atoms with Gasteiger partial charge in [-0.3, -0.25) is 0 Å². The van der Waals surface area contributed by atoms with E-state index in [2.05, 4.69) is 10.6 Å². The van der Waals surface area contributed by atoms with Gasteiger partial charge < -0.3 is 10.6 Å². The molecule has 2 aliphatic rings. The standard InChI is InChI=1S/C11H17F3N2O/c12-11(13,14)10(6-2-1-3-7-10)16-9(17)15-8-4-5-8/h8H,1-7H2,(H2,15,16,17). The molecular weight excluding hydrogens is 233 g/mol. The first-order valence-corrected chi connectivity index (χ1v) is 6.08. The van der Waals surface area contributed by atoms with Crippen LogP contribution in [0.4, 0.5) is 18.0 Å². The molecule has 98 valence electrons. The van der Waals surface area contributed by atoms with E-state index in [9.17, 15) is 18.0 Å². The van der Waals surface area contributed by atoms with Crippen LogP contribution in [0.25, 0.3) is 0 Å². The molecule has 0 radical (unpaired) electrons. The average molecular weight is 250 g/mol. The summed E-state index contributed by atoms with van der Waals surface area (Å²) in [6.45, 7) is 0. The topological polar surface area (TPSA) is 41.1 Å². The van der Waals surface area contributed by atoms with Crippen LogP contribution >= 0.6 is 0 Å². The Kier molecular flexibility index (Phi) is 3.23. The molecule has 0 saturated heterocycles. The summed E-state index contributed by atoms with van der Waals surface area (Å²) in [7, 11) is 0. The second kappa shape index (κ2) is 4.38. The number of halogens is 3. The van der Waals surface area contributed by atoms with Crippen LogP contribution in [0.2, 0.25) is 0 Å². The van der Waals surface area contributed by atoms with Crippen LogP contribution in [-0.4, -0.2) is 23.8 Å². The first kappa shape index (κ1) is 12.5. The highest BCUT2D eigenvalue weighted by atomic mass is 19.4. The molecule has 3 nitrogen and oxygen atoms in total. The highest BCUT2D eigenvalue weighted by Crippen LogP contribution is 2.41. The fourth-order valence-corrected chi connectivity index (χ4v) is 2.30. The monoisotopic (exact) mass is 250 g/mol. The Labute approximate surface area is 98.1 Å². The number of carbonyl (C=O) groups excluding carboxylic acids is 1. The predicted molar refractivity (Wildman–Crippen MR) is 56.6 cm³/mol. The minimum absolute atomic E-state index is 0.00537. The number of carbonyl (C=O) groups is 1. The summed E-state index contributed by atoms with van der Waals surface area (Å²) in [5, 5.41) is 4.72. The van der Waals surface area contributed by atoms with Crippen molar-refractivity contribution in [1.82, 2.24) is 10.6 Å². The van der Waals surface area contributed by atoms with Crippen molar-refractivity contribution in [3.8, 4) is 0 Å². The van der Waals surface area contributed by atoms with Crippen molar-refractivity contribution in [3.63, 3.8) is 0 Å². The van der Waals surface area contributed by atoms with E-state index in [4.69, 9.17) is 0 Å². The van der Waals surface area contributed by atoms with Crippen molar-refractivity contribution in [2.75, 3.05) is 0 Å². The molecule has 2 rings (SSSR count).